The molecule has 1 amide bonds. The number of carbonyl (C=O) groups is 1. The Bertz CT molecular complexity index is 834. The zero-order valence-electron chi connectivity index (χ0n) is 15.5. The van der Waals surface area contributed by atoms with E-state index in [0.717, 1.165) is 32.6 Å². The average molecular weight is 390 g/mol. The third-order valence-electron chi connectivity index (χ3n) is 5.41. The number of nitrogens with zero attached hydrogens (tertiary/aromatic N) is 2. The summed E-state index contributed by atoms with van der Waals surface area (Å²) in [7, 11) is 0. The predicted octanol–water partition coefficient (Wildman–Crippen LogP) is 3.48. The maximum Gasteiger partial charge on any atom is 0.254 e. The van der Waals surface area contributed by atoms with Crippen LogP contribution in [0.1, 0.15) is 27.0 Å². The molecule has 27 heavy (non-hydrogen) atoms. The number of fused-ring (bicyclic) bond motifs is 1. The fourth-order valence-electron chi connectivity index (χ4n) is 3.80. The van der Waals surface area contributed by atoms with Crippen molar-refractivity contribution in [3.8, 4) is 0 Å². The first kappa shape index (κ1) is 19.6. The van der Waals surface area contributed by atoms with Crippen LogP contribution in [0.25, 0.3) is 0 Å². The summed E-state index contributed by atoms with van der Waals surface area (Å²) in [4.78, 5) is 16.8. The lowest BCUT2D eigenvalue weighted by molar-refractivity contribution is 0.0628. The van der Waals surface area contributed by atoms with Crippen LogP contribution in [0.3, 0.4) is 0 Å². The number of halogens is 2. The lowest BCUT2D eigenvalue weighted by atomic mass is 10.1. The molecule has 0 bridgehead atoms. The Hall–Kier alpha value is -2.11. The number of anilines is 1. The Morgan fingerprint density at radius 1 is 1.15 bits per heavy atom. The first-order valence-electron chi connectivity index (χ1n) is 9.24. The zero-order valence-corrected chi connectivity index (χ0v) is 16.3. The van der Waals surface area contributed by atoms with E-state index in [1.54, 1.807) is 19.1 Å². The largest absolute Gasteiger partial charge is 0.384 e. The maximum atomic E-state index is 13.7. The van der Waals surface area contributed by atoms with Gasteiger partial charge in [-0.3, -0.25) is 9.69 Å². The van der Waals surface area contributed by atoms with Gasteiger partial charge in [-0.2, -0.15) is 0 Å². The van der Waals surface area contributed by atoms with Crippen molar-refractivity contribution in [3.63, 3.8) is 0 Å². The highest BCUT2D eigenvalue weighted by molar-refractivity contribution is 5.94. The van der Waals surface area contributed by atoms with Crippen molar-refractivity contribution in [2.24, 2.45) is 0 Å². The molecule has 4 nitrogen and oxygen atoms in total. The molecule has 0 spiro atoms. The monoisotopic (exact) mass is 389 g/mol. The lowest BCUT2D eigenvalue weighted by Gasteiger charge is -2.35. The van der Waals surface area contributed by atoms with Gasteiger partial charge < -0.3 is 10.2 Å². The second-order valence-corrected chi connectivity index (χ2v) is 7.16. The summed E-state index contributed by atoms with van der Waals surface area (Å²) in [5, 5.41) is 3.49. The van der Waals surface area contributed by atoms with E-state index in [0.29, 0.717) is 24.2 Å². The van der Waals surface area contributed by atoms with Gasteiger partial charge in [0.2, 0.25) is 0 Å². The van der Waals surface area contributed by atoms with Crippen LogP contribution in [-0.2, 0) is 13.0 Å². The Morgan fingerprint density at radius 3 is 2.67 bits per heavy atom. The van der Waals surface area contributed by atoms with E-state index in [1.807, 2.05) is 4.90 Å². The molecule has 1 N–H and O–H groups in total. The van der Waals surface area contributed by atoms with Crippen LogP contribution >= 0.6 is 12.4 Å². The van der Waals surface area contributed by atoms with Crippen LogP contribution in [-0.4, -0.2) is 48.4 Å². The van der Waals surface area contributed by atoms with Crippen LogP contribution in [0.15, 0.2) is 36.4 Å². The Balaban J connectivity index is 0.00000210. The first-order chi connectivity index (χ1) is 12.6. The molecule has 1 fully saturated rings. The second kappa shape index (κ2) is 8.28. The third kappa shape index (κ3) is 4.09. The molecule has 0 saturated carbocycles. The van der Waals surface area contributed by atoms with Crippen LogP contribution in [0, 0.1) is 12.7 Å². The van der Waals surface area contributed by atoms with Gasteiger partial charge in [0.1, 0.15) is 5.82 Å². The van der Waals surface area contributed by atoms with Crippen molar-refractivity contribution < 1.29 is 9.18 Å². The second-order valence-electron chi connectivity index (χ2n) is 7.16. The zero-order chi connectivity index (χ0) is 18.1. The summed E-state index contributed by atoms with van der Waals surface area (Å²) in [6.45, 7) is 6.65. The molecule has 0 aromatic heterocycles. The van der Waals surface area contributed by atoms with E-state index < -0.39 is 0 Å². The molecular weight excluding hydrogens is 365 g/mol. The average Bonchev–Trinajstić information content (AvgIpc) is 3.14. The minimum absolute atomic E-state index is 0. The highest BCUT2D eigenvalue weighted by Gasteiger charge is 2.24. The standard InChI is InChI=1S/C21H24FN3O.ClH/c1-15-5-6-17(13-19(15)22)21(26)25-11-9-24(10-12-25)14-18-4-2-3-16-7-8-23-20(16)18;/h2-6,13,23H,7-12,14H2,1H3;1H. The highest BCUT2D eigenvalue weighted by atomic mass is 35.5. The summed E-state index contributed by atoms with van der Waals surface area (Å²) in [5.41, 5.74) is 5.03. The molecule has 2 aromatic rings. The number of nitrogens with one attached hydrogen (secondary N) is 1. The Morgan fingerprint density at radius 2 is 1.93 bits per heavy atom. The lowest BCUT2D eigenvalue weighted by Crippen LogP contribution is -2.48. The van der Waals surface area contributed by atoms with Crippen molar-refractivity contribution in [1.29, 1.82) is 0 Å². The van der Waals surface area contributed by atoms with E-state index >= 15 is 0 Å². The van der Waals surface area contributed by atoms with E-state index in [2.05, 4.69) is 28.4 Å². The smallest absolute Gasteiger partial charge is 0.254 e. The molecule has 2 aliphatic heterocycles. The summed E-state index contributed by atoms with van der Waals surface area (Å²) >= 11 is 0. The summed E-state index contributed by atoms with van der Waals surface area (Å²) in [6.07, 6.45) is 1.10. The molecule has 1 saturated heterocycles. The fraction of sp³-hybridized carbons (Fsp3) is 0.381. The van der Waals surface area contributed by atoms with Gasteiger partial charge in [-0.1, -0.05) is 24.3 Å². The molecular formula is C21H25ClFN3O. The molecule has 6 heteroatoms. The predicted molar refractivity (Wildman–Crippen MR) is 108 cm³/mol. The fourth-order valence-corrected chi connectivity index (χ4v) is 3.80. The number of benzene rings is 2. The number of carbonyl (C=O) groups excluding carboxylic acids is 1. The van der Waals surface area contributed by atoms with Gasteiger partial charge in [-0.15, -0.1) is 12.4 Å². The minimum Gasteiger partial charge on any atom is -0.384 e. The summed E-state index contributed by atoms with van der Waals surface area (Å²) in [5.74, 6) is -0.397. The molecule has 0 atom stereocenters. The third-order valence-corrected chi connectivity index (χ3v) is 5.41. The van der Waals surface area contributed by atoms with Gasteiger partial charge in [-0.25, -0.2) is 4.39 Å². The molecule has 144 valence electrons. The number of rotatable bonds is 3. The number of para-hydroxylation sites is 1. The van der Waals surface area contributed by atoms with E-state index in [9.17, 15) is 9.18 Å². The van der Waals surface area contributed by atoms with Crippen molar-refractivity contribution >= 4 is 24.0 Å². The van der Waals surface area contributed by atoms with E-state index in [1.165, 1.54) is 22.9 Å². The quantitative estimate of drug-likeness (QED) is 0.872. The number of piperazine rings is 1. The van der Waals surface area contributed by atoms with E-state index in [4.69, 9.17) is 0 Å². The van der Waals surface area contributed by atoms with Gasteiger partial charge in [0, 0.05) is 50.5 Å². The van der Waals surface area contributed by atoms with Crippen LogP contribution in [0.4, 0.5) is 10.1 Å². The van der Waals surface area contributed by atoms with Crippen molar-refractivity contribution in [1.82, 2.24) is 9.80 Å². The number of amides is 1. The van der Waals surface area contributed by atoms with Crippen molar-refractivity contribution in [2.45, 2.75) is 19.9 Å². The number of hydrogen-bond acceptors (Lipinski definition) is 3. The van der Waals surface area contributed by atoms with Crippen LogP contribution in [0.2, 0.25) is 0 Å². The highest BCUT2D eigenvalue weighted by Crippen LogP contribution is 2.27. The van der Waals surface area contributed by atoms with Crippen molar-refractivity contribution in [2.75, 3.05) is 38.0 Å². The molecule has 0 aliphatic carbocycles. The van der Waals surface area contributed by atoms with Gasteiger partial charge in [0.15, 0.2) is 0 Å². The maximum absolute atomic E-state index is 13.7. The van der Waals surface area contributed by atoms with E-state index in [-0.39, 0.29) is 24.1 Å². The van der Waals surface area contributed by atoms with Gasteiger partial charge in [0.25, 0.3) is 5.91 Å². The molecule has 2 aliphatic rings. The molecule has 2 heterocycles. The van der Waals surface area contributed by atoms with Crippen LogP contribution in [0.5, 0.6) is 0 Å². The summed E-state index contributed by atoms with van der Waals surface area (Å²) < 4.78 is 13.7. The SMILES string of the molecule is Cc1ccc(C(=O)N2CCN(Cc3cccc4c3NCC4)CC2)cc1F.Cl. The molecule has 0 unspecified atom stereocenters. The van der Waals surface area contributed by atoms with Crippen molar-refractivity contribution in [3.05, 3.63) is 64.5 Å². The van der Waals surface area contributed by atoms with Crippen LogP contribution < -0.4 is 5.32 Å². The minimum atomic E-state index is -0.320. The number of hydrogen-bond donors (Lipinski definition) is 1. The molecule has 0 radical (unpaired) electrons. The van der Waals surface area contributed by atoms with Gasteiger partial charge in [-0.05, 0) is 42.2 Å². The number of aryl methyl sites for hydroxylation is 1. The normalized spacial score (nSPS) is 16.4. The Kier molecular flexibility index (Phi) is 6.02. The van der Waals surface area contributed by atoms with Gasteiger partial charge >= 0.3 is 0 Å². The molecule has 4 rings (SSSR count). The Labute approximate surface area is 165 Å². The first-order valence-corrected chi connectivity index (χ1v) is 9.24. The topological polar surface area (TPSA) is 35.6 Å². The van der Waals surface area contributed by atoms with Gasteiger partial charge in [0.05, 0.1) is 0 Å². The molecule has 2 aromatic carbocycles. The summed E-state index contributed by atoms with van der Waals surface area (Å²) in [6, 6.07) is 11.2.